The lowest BCUT2D eigenvalue weighted by atomic mass is 10.1. The molecule has 1 atom stereocenters. The summed E-state index contributed by atoms with van der Waals surface area (Å²) in [6, 6.07) is 5.64. The first kappa shape index (κ1) is 15.6. The summed E-state index contributed by atoms with van der Waals surface area (Å²) in [7, 11) is 0. The zero-order valence-corrected chi connectivity index (χ0v) is 11.5. The zero-order valence-electron chi connectivity index (χ0n) is 11.5. The van der Waals surface area contributed by atoms with E-state index in [-0.39, 0.29) is 30.4 Å². The van der Waals surface area contributed by atoms with E-state index in [0.29, 0.717) is 5.56 Å². The van der Waals surface area contributed by atoms with Crippen LogP contribution in [-0.4, -0.2) is 29.6 Å². The third-order valence-electron chi connectivity index (χ3n) is 2.39. The van der Waals surface area contributed by atoms with Crippen molar-refractivity contribution in [2.24, 2.45) is 0 Å². The van der Waals surface area contributed by atoms with Crippen molar-refractivity contribution in [3.05, 3.63) is 35.6 Å². The highest BCUT2D eigenvalue weighted by Gasteiger charge is 2.14. The van der Waals surface area contributed by atoms with Crippen molar-refractivity contribution >= 4 is 5.91 Å². The summed E-state index contributed by atoms with van der Waals surface area (Å²) < 4.78 is 12.7. The molecule has 106 valence electrons. The van der Waals surface area contributed by atoms with E-state index in [4.69, 9.17) is 0 Å². The van der Waals surface area contributed by atoms with Gasteiger partial charge in [-0.25, -0.2) is 4.39 Å². The molecule has 0 heterocycles. The number of aliphatic hydroxyl groups excluding tert-OH is 1. The largest absolute Gasteiger partial charge is 0.387 e. The molecule has 0 fully saturated rings. The number of hydrogen-bond acceptors (Lipinski definition) is 3. The molecular weight excluding hydrogens is 247 g/mol. The maximum Gasteiger partial charge on any atom is 0.234 e. The van der Waals surface area contributed by atoms with Gasteiger partial charge in [-0.3, -0.25) is 4.79 Å². The standard InChI is InChI=1S/C14H21FN2O2/c1-14(2,3)17-13(19)9-16-8-12(18)10-4-6-11(15)7-5-10/h4-7,12,16,18H,8-9H2,1-3H3,(H,17,19). The van der Waals surface area contributed by atoms with Crippen LogP contribution < -0.4 is 10.6 Å². The number of hydrogen-bond donors (Lipinski definition) is 3. The smallest absolute Gasteiger partial charge is 0.234 e. The first-order valence-electron chi connectivity index (χ1n) is 6.23. The molecule has 3 N–H and O–H groups in total. The van der Waals surface area contributed by atoms with Crippen molar-refractivity contribution in [3.8, 4) is 0 Å². The fourth-order valence-electron chi connectivity index (χ4n) is 1.59. The van der Waals surface area contributed by atoms with E-state index < -0.39 is 6.10 Å². The van der Waals surface area contributed by atoms with E-state index in [2.05, 4.69) is 10.6 Å². The van der Waals surface area contributed by atoms with Crippen LogP contribution in [0.15, 0.2) is 24.3 Å². The minimum absolute atomic E-state index is 0.126. The summed E-state index contributed by atoms with van der Waals surface area (Å²) in [5.41, 5.74) is 0.346. The molecule has 0 saturated heterocycles. The van der Waals surface area contributed by atoms with Crippen molar-refractivity contribution < 1.29 is 14.3 Å². The molecule has 0 aromatic heterocycles. The highest BCUT2D eigenvalue weighted by Crippen LogP contribution is 2.12. The molecular formula is C14H21FN2O2. The van der Waals surface area contributed by atoms with Crippen LogP contribution >= 0.6 is 0 Å². The van der Waals surface area contributed by atoms with Gasteiger partial charge in [-0.1, -0.05) is 12.1 Å². The second kappa shape index (κ2) is 6.63. The second-order valence-electron chi connectivity index (χ2n) is 5.50. The highest BCUT2D eigenvalue weighted by molar-refractivity contribution is 5.78. The molecule has 1 rings (SSSR count). The summed E-state index contributed by atoms with van der Waals surface area (Å²) in [6.07, 6.45) is -0.761. The molecule has 1 aromatic carbocycles. The molecule has 5 heteroatoms. The highest BCUT2D eigenvalue weighted by atomic mass is 19.1. The van der Waals surface area contributed by atoms with Gasteiger partial charge in [0.25, 0.3) is 0 Å². The maximum absolute atomic E-state index is 12.7. The number of rotatable bonds is 5. The molecule has 0 aliphatic rings. The molecule has 0 radical (unpaired) electrons. The molecule has 19 heavy (non-hydrogen) atoms. The summed E-state index contributed by atoms with van der Waals surface area (Å²) in [6.45, 7) is 6.08. The molecule has 0 aliphatic carbocycles. The molecule has 4 nitrogen and oxygen atoms in total. The maximum atomic E-state index is 12.7. The van der Waals surface area contributed by atoms with Gasteiger partial charge in [0.05, 0.1) is 12.6 Å². The predicted molar refractivity (Wildman–Crippen MR) is 72.1 cm³/mol. The van der Waals surface area contributed by atoms with E-state index >= 15 is 0 Å². The van der Waals surface area contributed by atoms with Crippen molar-refractivity contribution in [1.82, 2.24) is 10.6 Å². The van der Waals surface area contributed by atoms with E-state index in [1.54, 1.807) is 0 Å². The van der Waals surface area contributed by atoms with Gasteiger partial charge in [-0.05, 0) is 38.5 Å². The Hall–Kier alpha value is -1.46. The molecule has 1 unspecified atom stereocenters. The molecule has 0 bridgehead atoms. The lowest BCUT2D eigenvalue weighted by molar-refractivity contribution is -0.121. The van der Waals surface area contributed by atoms with Crippen LogP contribution in [0.3, 0.4) is 0 Å². The third kappa shape index (κ3) is 6.31. The Morgan fingerprint density at radius 2 is 1.89 bits per heavy atom. The van der Waals surface area contributed by atoms with Crippen molar-refractivity contribution in [2.45, 2.75) is 32.4 Å². The van der Waals surface area contributed by atoms with Crippen LogP contribution in [0.5, 0.6) is 0 Å². The van der Waals surface area contributed by atoms with Crippen LogP contribution in [0.4, 0.5) is 4.39 Å². The van der Waals surface area contributed by atoms with Gasteiger partial charge in [0, 0.05) is 12.1 Å². The monoisotopic (exact) mass is 268 g/mol. The predicted octanol–water partition coefficient (Wildman–Crippen LogP) is 1.36. The normalized spacial score (nSPS) is 13.1. The lowest BCUT2D eigenvalue weighted by Crippen LogP contribution is -2.45. The average Bonchev–Trinajstić information content (AvgIpc) is 2.27. The van der Waals surface area contributed by atoms with Crippen molar-refractivity contribution in [2.75, 3.05) is 13.1 Å². The van der Waals surface area contributed by atoms with Gasteiger partial charge in [-0.2, -0.15) is 0 Å². The minimum Gasteiger partial charge on any atom is -0.387 e. The Morgan fingerprint density at radius 1 is 1.32 bits per heavy atom. The zero-order chi connectivity index (χ0) is 14.5. The van der Waals surface area contributed by atoms with E-state index in [0.717, 1.165) is 0 Å². The quantitative estimate of drug-likeness (QED) is 0.755. The minimum atomic E-state index is -0.761. The number of benzene rings is 1. The summed E-state index contributed by atoms with van der Waals surface area (Å²) in [4.78, 5) is 11.5. The van der Waals surface area contributed by atoms with Gasteiger partial charge in [0.1, 0.15) is 5.82 Å². The van der Waals surface area contributed by atoms with E-state index in [1.807, 2.05) is 20.8 Å². The Morgan fingerprint density at radius 3 is 2.42 bits per heavy atom. The number of carbonyl (C=O) groups excluding carboxylic acids is 1. The molecule has 0 spiro atoms. The second-order valence-corrected chi connectivity index (χ2v) is 5.50. The van der Waals surface area contributed by atoms with Crippen LogP contribution in [0.1, 0.15) is 32.4 Å². The number of amides is 1. The van der Waals surface area contributed by atoms with Gasteiger partial charge < -0.3 is 15.7 Å². The summed E-state index contributed by atoms with van der Waals surface area (Å²) in [5.74, 6) is -0.465. The lowest BCUT2D eigenvalue weighted by Gasteiger charge is -2.21. The van der Waals surface area contributed by atoms with Crippen molar-refractivity contribution in [3.63, 3.8) is 0 Å². The Bertz CT molecular complexity index is 412. The van der Waals surface area contributed by atoms with Crippen LogP contribution in [0, 0.1) is 5.82 Å². The van der Waals surface area contributed by atoms with Crippen LogP contribution in [0.25, 0.3) is 0 Å². The van der Waals surface area contributed by atoms with E-state index in [9.17, 15) is 14.3 Å². The average molecular weight is 268 g/mol. The number of carbonyl (C=O) groups is 1. The van der Waals surface area contributed by atoms with Crippen molar-refractivity contribution in [1.29, 1.82) is 0 Å². The molecule has 0 saturated carbocycles. The summed E-state index contributed by atoms with van der Waals surface area (Å²) >= 11 is 0. The van der Waals surface area contributed by atoms with Gasteiger partial charge in [0.15, 0.2) is 0 Å². The Kier molecular flexibility index (Phi) is 5.44. The summed E-state index contributed by atoms with van der Waals surface area (Å²) in [5, 5.41) is 15.5. The Labute approximate surface area is 113 Å². The fourth-order valence-corrected chi connectivity index (χ4v) is 1.59. The number of halogens is 1. The van der Waals surface area contributed by atoms with Gasteiger partial charge in [-0.15, -0.1) is 0 Å². The number of aliphatic hydroxyl groups is 1. The number of nitrogens with one attached hydrogen (secondary N) is 2. The third-order valence-corrected chi connectivity index (χ3v) is 2.39. The van der Waals surface area contributed by atoms with Gasteiger partial charge in [0.2, 0.25) is 5.91 Å². The molecule has 1 aromatic rings. The SMILES string of the molecule is CC(C)(C)NC(=O)CNCC(O)c1ccc(F)cc1. The topological polar surface area (TPSA) is 61.4 Å². The van der Waals surface area contributed by atoms with Crippen LogP contribution in [-0.2, 0) is 4.79 Å². The molecule has 1 amide bonds. The first-order valence-corrected chi connectivity index (χ1v) is 6.23. The molecule has 0 aliphatic heterocycles. The van der Waals surface area contributed by atoms with E-state index in [1.165, 1.54) is 24.3 Å². The first-order chi connectivity index (χ1) is 8.78. The fraction of sp³-hybridized carbons (Fsp3) is 0.500. The van der Waals surface area contributed by atoms with Crippen LogP contribution in [0.2, 0.25) is 0 Å². The van der Waals surface area contributed by atoms with Gasteiger partial charge >= 0.3 is 0 Å². The Balaban J connectivity index is 2.33.